The smallest absolute Gasteiger partial charge is 0.246 e. The van der Waals surface area contributed by atoms with Gasteiger partial charge >= 0.3 is 0 Å². The number of likely N-dealkylation sites (N-methyl/N-ethyl adjacent to an activating group) is 1. The van der Waals surface area contributed by atoms with Gasteiger partial charge in [-0.25, -0.2) is 0 Å². The molecule has 3 heterocycles. The Labute approximate surface area is 363 Å². The van der Waals surface area contributed by atoms with E-state index in [4.69, 9.17) is 5.73 Å². The molecule has 3 aliphatic rings. The fraction of sp³-hybridized carbons (Fsp3) is 0.532. The summed E-state index contributed by atoms with van der Waals surface area (Å²) in [5.74, 6) is -1.83. The zero-order chi connectivity index (χ0) is 43.8. The first kappa shape index (κ1) is 44.5. The summed E-state index contributed by atoms with van der Waals surface area (Å²) in [6.45, 7) is 2.03. The van der Waals surface area contributed by atoms with E-state index in [1.165, 1.54) is 4.90 Å². The second-order valence-electron chi connectivity index (χ2n) is 17.5. The first-order valence-electron chi connectivity index (χ1n) is 22.6. The van der Waals surface area contributed by atoms with Gasteiger partial charge < -0.3 is 51.6 Å². The predicted octanol–water partition coefficient (Wildman–Crippen LogP) is 3.37. The Morgan fingerprint density at radius 1 is 0.855 bits per heavy atom. The van der Waals surface area contributed by atoms with Crippen LogP contribution in [0.5, 0.6) is 0 Å². The Bertz CT molecular complexity index is 2230. The first-order chi connectivity index (χ1) is 30.1. The fourth-order valence-electron chi connectivity index (χ4n) is 10.3. The molecule has 62 heavy (non-hydrogen) atoms. The Morgan fingerprint density at radius 2 is 1.48 bits per heavy atom. The molecule has 332 valence electrons. The molecule has 2 aromatic heterocycles. The van der Waals surface area contributed by atoms with Gasteiger partial charge in [0.05, 0.1) is 18.6 Å². The molecule has 7 rings (SSSR count). The maximum Gasteiger partial charge on any atom is 0.246 e. The number of aldehydes is 1. The summed E-state index contributed by atoms with van der Waals surface area (Å²) in [4.78, 5) is 93.5. The lowest BCUT2D eigenvalue weighted by Gasteiger charge is -2.35. The highest BCUT2D eigenvalue weighted by molar-refractivity contribution is 5.98. The number of carbonyl (C=O) groups is 6. The van der Waals surface area contributed by atoms with E-state index in [-0.39, 0.29) is 56.3 Å². The van der Waals surface area contributed by atoms with Crippen molar-refractivity contribution in [2.45, 2.75) is 126 Å². The topological polar surface area (TPSA) is 215 Å². The van der Waals surface area contributed by atoms with E-state index in [1.54, 1.807) is 11.9 Å². The fourth-order valence-corrected chi connectivity index (χ4v) is 10.3. The number of likely N-dealkylation sites (tertiary alicyclic amines) is 1. The monoisotopic (exact) mass is 849 g/mol. The van der Waals surface area contributed by atoms with Crippen LogP contribution in [-0.4, -0.2) is 118 Å². The number of rotatable bonds is 19. The largest absolute Gasteiger partial charge is 0.361 e. The van der Waals surface area contributed by atoms with Crippen molar-refractivity contribution < 1.29 is 28.8 Å². The third-order valence-electron chi connectivity index (χ3n) is 13.5. The Balaban J connectivity index is 1.10. The van der Waals surface area contributed by atoms with E-state index in [9.17, 15) is 28.8 Å². The van der Waals surface area contributed by atoms with Crippen molar-refractivity contribution in [2.24, 2.45) is 11.7 Å². The number of nitrogens with zero attached hydrogens (tertiary/aromatic N) is 2. The van der Waals surface area contributed by atoms with E-state index < -0.39 is 47.4 Å². The molecule has 6 atom stereocenters. The number of nitrogens with two attached hydrogens (primary N) is 1. The van der Waals surface area contributed by atoms with Crippen LogP contribution in [-0.2, 0) is 41.6 Å². The highest BCUT2D eigenvalue weighted by Crippen LogP contribution is 2.39. The van der Waals surface area contributed by atoms with E-state index in [2.05, 4.69) is 31.2 Å². The molecule has 8 N–H and O–H groups in total. The summed E-state index contributed by atoms with van der Waals surface area (Å²) in [7, 11) is 1.72. The third-order valence-corrected chi connectivity index (χ3v) is 13.5. The van der Waals surface area contributed by atoms with Gasteiger partial charge in [-0.2, -0.15) is 0 Å². The minimum absolute atomic E-state index is 0.0185. The first-order valence-corrected chi connectivity index (χ1v) is 22.6. The molecule has 2 aromatic carbocycles. The van der Waals surface area contributed by atoms with Crippen LogP contribution < -0.4 is 27.0 Å². The van der Waals surface area contributed by atoms with Gasteiger partial charge in [-0.3, -0.25) is 24.0 Å². The molecule has 0 radical (unpaired) electrons. The molecule has 5 amide bonds. The molecular weight excluding hydrogens is 787 g/mol. The molecular formula is C47H63N9O6. The van der Waals surface area contributed by atoms with E-state index in [1.807, 2.05) is 67.8 Å². The number of para-hydroxylation sites is 2. The number of H-pyrrole nitrogens is 2. The van der Waals surface area contributed by atoms with Crippen LogP contribution in [0.3, 0.4) is 0 Å². The van der Waals surface area contributed by atoms with Crippen LogP contribution in [0, 0.1) is 5.92 Å². The number of hydrogen-bond acceptors (Lipinski definition) is 8. The lowest BCUT2D eigenvalue weighted by atomic mass is 9.85. The van der Waals surface area contributed by atoms with Crippen molar-refractivity contribution in [3.63, 3.8) is 0 Å². The van der Waals surface area contributed by atoms with E-state index in [0.717, 1.165) is 64.9 Å². The van der Waals surface area contributed by atoms with Gasteiger partial charge in [0, 0.05) is 53.2 Å². The average molecular weight is 850 g/mol. The van der Waals surface area contributed by atoms with Crippen LogP contribution in [0.1, 0.15) is 88.7 Å². The molecule has 1 saturated heterocycles. The molecule has 15 nitrogen and oxygen atoms in total. The number of fused-ring (bicyclic) bond motifs is 3. The number of hydrogen-bond donors (Lipinski definition) is 7. The van der Waals surface area contributed by atoms with E-state index in [0.29, 0.717) is 44.9 Å². The van der Waals surface area contributed by atoms with Crippen molar-refractivity contribution in [2.75, 3.05) is 26.7 Å². The second-order valence-corrected chi connectivity index (χ2v) is 17.5. The zero-order valence-corrected chi connectivity index (χ0v) is 36.0. The predicted molar refractivity (Wildman–Crippen MR) is 238 cm³/mol. The summed E-state index contributed by atoms with van der Waals surface area (Å²) >= 11 is 0. The van der Waals surface area contributed by atoms with Crippen LogP contribution in [0.25, 0.3) is 21.8 Å². The van der Waals surface area contributed by atoms with E-state index >= 15 is 0 Å². The van der Waals surface area contributed by atoms with Crippen LogP contribution in [0.2, 0.25) is 0 Å². The molecule has 4 aromatic rings. The highest BCUT2D eigenvalue weighted by Gasteiger charge is 2.46. The molecule has 3 fully saturated rings. The summed E-state index contributed by atoms with van der Waals surface area (Å²) in [5, 5.41) is 14.1. The molecule has 1 aliphatic heterocycles. The minimum Gasteiger partial charge on any atom is -0.361 e. The maximum atomic E-state index is 14.6. The number of amides is 5. The Hall–Kier alpha value is -5.54. The number of carbonyl (C=O) groups excluding carboxylic acids is 6. The van der Waals surface area contributed by atoms with Crippen molar-refractivity contribution >= 4 is 57.6 Å². The second kappa shape index (κ2) is 20.1. The standard InChI is InChI=1S/C47H63N9O6/c1-3-22-55(28-42(58)56-33(29-57)23-30-12-4-9-17-41(30)56)45(61)38(18-21-48)52-43(59)40(25-32-27-51-37-16-8-6-14-35(32)37)53-46(62)47(19-10-11-20-47)54-44(60)39(49-2)24-31-26-50-36-15-7-5-13-34(31)36/h5-8,13-16,26-27,29-30,33,38-41,49-51H,3-4,9-12,17-25,28,48H2,1-2H3,(H,52,59)(H,53,62)(H,54,60)/t30?,33?,38?,39-,40-,41?/m0/s1. The normalized spacial score (nSPS) is 20.9. The average Bonchev–Trinajstić information content (AvgIpc) is 4.10. The summed E-state index contributed by atoms with van der Waals surface area (Å²) in [5.41, 5.74) is 8.38. The lowest BCUT2D eigenvalue weighted by Crippen LogP contribution is -2.64. The Kier molecular flexibility index (Phi) is 14.4. The van der Waals surface area contributed by atoms with Crippen LogP contribution in [0.15, 0.2) is 60.9 Å². The van der Waals surface area contributed by atoms with Gasteiger partial charge in [0.15, 0.2) is 0 Å². The zero-order valence-electron chi connectivity index (χ0n) is 36.0. The number of benzene rings is 2. The highest BCUT2D eigenvalue weighted by atomic mass is 16.2. The van der Waals surface area contributed by atoms with Gasteiger partial charge in [0.25, 0.3) is 0 Å². The lowest BCUT2D eigenvalue weighted by molar-refractivity contribution is -0.145. The molecule has 15 heteroatoms. The van der Waals surface area contributed by atoms with Gasteiger partial charge in [-0.15, -0.1) is 0 Å². The van der Waals surface area contributed by atoms with Crippen molar-refractivity contribution in [3.05, 3.63) is 72.1 Å². The number of nitrogens with one attached hydrogen (secondary N) is 6. The molecule has 2 saturated carbocycles. The third kappa shape index (κ3) is 9.58. The molecule has 0 bridgehead atoms. The Morgan fingerprint density at radius 3 is 2.10 bits per heavy atom. The van der Waals surface area contributed by atoms with Crippen molar-refractivity contribution in [1.29, 1.82) is 0 Å². The molecule has 0 spiro atoms. The van der Waals surface area contributed by atoms with Crippen molar-refractivity contribution in [3.8, 4) is 0 Å². The van der Waals surface area contributed by atoms with Crippen molar-refractivity contribution in [1.82, 2.24) is 41.0 Å². The number of aromatic amines is 2. The summed E-state index contributed by atoms with van der Waals surface area (Å²) in [6.07, 6.45) is 12.5. The molecule has 2 aliphatic carbocycles. The van der Waals surface area contributed by atoms with Gasteiger partial charge in [0.1, 0.15) is 23.9 Å². The van der Waals surface area contributed by atoms with Crippen LogP contribution >= 0.6 is 0 Å². The van der Waals surface area contributed by atoms with Gasteiger partial charge in [-0.1, -0.05) is 69.0 Å². The summed E-state index contributed by atoms with van der Waals surface area (Å²) < 4.78 is 0. The van der Waals surface area contributed by atoms with Crippen LogP contribution in [0.4, 0.5) is 0 Å². The minimum atomic E-state index is -1.26. The van der Waals surface area contributed by atoms with Gasteiger partial charge in [-0.05, 0) is 94.1 Å². The quantitative estimate of drug-likeness (QED) is 0.0694. The van der Waals surface area contributed by atoms with Gasteiger partial charge in [0.2, 0.25) is 29.5 Å². The SMILES string of the molecule is CCCN(CC(=O)N1C(C=O)CC2CCCCC21)C(=O)C(CCN)NC(=O)[C@H](Cc1c[nH]c2ccccc12)NC(=O)C1(NC(=O)[C@H](Cc2c[nH]c3ccccc23)NC)CCCC1. The summed E-state index contributed by atoms with van der Waals surface area (Å²) in [6, 6.07) is 12.2. The number of aromatic nitrogens is 2. The maximum absolute atomic E-state index is 14.6. The molecule has 4 unspecified atom stereocenters.